The number of nitrogens with one attached hydrogen (secondary N) is 1. The van der Waals surface area contributed by atoms with Crippen molar-refractivity contribution in [3.05, 3.63) is 24.0 Å². The number of hydrogen-bond acceptors (Lipinski definition) is 4. The van der Waals surface area contributed by atoms with E-state index in [1.165, 1.54) is 18.2 Å². The monoisotopic (exact) mass is 267 g/mol. The molecule has 1 amide bonds. The van der Waals surface area contributed by atoms with Gasteiger partial charge in [-0.3, -0.25) is 9.69 Å². The van der Waals surface area contributed by atoms with Crippen LogP contribution in [0.5, 0.6) is 0 Å². The maximum Gasteiger partial charge on any atom is 0.238 e. The third-order valence-corrected chi connectivity index (χ3v) is 3.20. The van der Waals surface area contributed by atoms with Gasteiger partial charge in [0.15, 0.2) is 0 Å². The van der Waals surface area contributed by atoms with Gasteiger partial charge in [-0.15, -0.1) is 0 Å². The lowest BCUT2D eigenvalue weighted by Crippen LogP contribution is -2.38. The minimum Gasteiger partial charge on any atom is -0.396 e. The Morgan fingerprint density at radius 1 is 1.63 bits per heavy atom. The molecule has 1 aromatic carbocycles. The van der Waals surface area contributed by atoms with Gasteiger partial charge in [-0.25, -0.2) is 4.39 Å². The lowest BCUT2D eigenvalue weighted by atomic mass is 10.2. The van der Waals surface area contributed by atoms with E-state index in [0.29, 0.717) is 12.3 Å². The molecule has 0 spiro atoms. The molecule has 2 rings (SSSR count). The number of nitrogens with two attached hydrogens (primary N) is 1. The summed E-state index contributed by atoms with van der Waals surface area (Å²) in [5, 5.41) is 2.70. The Morgan fingerprint density at radius 3 is 3.05 bits per heavy atom. The van der Waals surface area contributed by atoms with E-state index in [4.69, 9.17) is 10.5 Å². The zero-order chi connectivity index (χ0) is 13.8. The van der Waals surface area contributed by atoms with Crippen molar-refractivity contribution in [2.75, 3.05) is 37.9 Å². The van der Waals surface area contributed by atoms with E-state index in [2.05, 4.69) is 5.32 Å². The van der Waals surface area contributed by atoms with Gasteiger partial charge in [0.1, 0.15) is 5.82 Å². The van der Waals surface area contributed by atoms with E-state index < -0.39 is 5.82 Å². The summed E-state index contributed by atoms with van der Waals surface area (Å²) in [5.74, 6) is -0.640. The number of benzene rings is 1. The van der Waals surface area contributed by atoms with Gasteiger partial charge in [0.2, 0.25) is 5.91 Å². The molecule has 1 aromatic rings. The highest BCUT2D eigenvalue weighted by molar-refractivity contribution is 5.92. The number of ether oxygens (including phenoxy) is 1. The molecule has 104 valence electrons. The van der Waals surface area contributed by atoms with Gasteiger partial charge in [-0.1, -0.05) is 0 Å². The Bertz CT molecular complexity index is 461. The third kappa shape index (κ3) is 3.65. The second-order valence-corrected chi connectivity index (χ2v) is 4.72. The number of nitrogens with zero attached hydrogens (tertiary/aromatic N) is 1. The first-order chi connectivity index (χ1) is 9.06. The maximum absolute atomic E-state index is 13.0. The zero-order valence-electron chi connectivity index (χ0n) is 10.9. The number of hydrogen-bond donors (Lipinski definition) is 2. The highest BCUT2D eigenvalue weighted by atomic mass is 19.1. The Labute approximate surface area is 111 Å². The highest BCUT2D eigenvalue weighted by Crippen LogP contribution is 2.16. The van der Waals surface area contributed by atoms with Crippen LogP contribution in [0.15, 0.2) is 18.2 Å². The summed E-state index contributed by atoms with van der Waals surface area (Å²) in [6, 6.07) is 4.41. The van der Waals surface area contributed by atoms with Crippen LogP contribution in [0.1, 0.15) is 6.42 Å². The van der Waals surface area contributed by atoms with E-state index in [1.54, 1.807) is 0 Å². The van der Waals surface area contributed by atoms with Crippen LogP contribution in [-0.2, 0) is 9.53 Å². The quantitative estimate of drug-likeness (QED) is 0.801. The van der Waals surface area contributed by atoms with E-state index in [9.17, 15) is 9.18 Å². The first-order valence-electron chi connectivity index (χ1n) is 6.19. The van der Waals surface area contributed by atoms with Gasteiger partial charge in [0.25, 0.3) is 0 Å². The van der Waals surface area contributed by atoms with Gasteiger partial charge in [-0.2, -0.15) is 0 Å². The lowest BCUT2D eigenvalue weighted by molar-refractivity contribution is -0.117. The number of likely N-dealkylation sites (N-methyl/N-ethyl adjacent to an activating group) is 1. The van der Waals surface area contributed by atoms with E-state index >= 15 is 0 Å². The van der Waals surface area contributed by atoms with Crippen LogP contribution in [0.25, 0.3) is 0 Å². The van der Waals surface area contributed by atoms with Crippen LogP contribution >= 0.6 is 0 Å². The number of anilines is 2. The number of carbonyl (C=O) groups excluding carboxylic acids is 1. The van der Waals surface area contributed by atoms with Crippen LogP contribution in [-0.4, -0.2) is 43.7 Å². The van der Waals surface area contributed by atoms with Crippen molar-refractivity contribution >= 4 is 17.3 Å². The second kappa shape index (κ2) is 5.99. The molecule has 0 radical (unpaired) electrons. The summed E-state index contributed by atoms with van der Waals surface area (Å²) in [7, 11) is 1.89. The molecule has 1 fully saturated rings. The summed E-state index contributed by atoms with van der Waals surface area (Å²) in [4.78, 5) is 13.8. The minimum atomic E-state index is -0.488. The standard InChI is InChI=1S/C13H18FN3O2/c1-17(10-4-5-19-8-10)7-13(18)16-9-2-3-11(14)12(15)6-9/h2-3,6,10H,4-5,7-8,15H2,1H3,(H,16,18). The number of amides is 1. The van der Waals surface area contributed by atoms with Gasteiger partial charge >= 0.3 is 0 Å². The van der Waals surface area contributed by atoms with E-state index in [-0.39, 0.29) is 24.2 Å². The summed E-state index contributed by atoms with van der Waals surface area (Å²) in [6.45, 7) is 1.67. The van der Waals surface area contributed by atoms with E-state index in [1.807, 2.05) is 11.9 Å². The molecule has 3 N–H and O–H groups in total. The van der Waals surface area contributed by atoms with Crippen molar-refractivity contribution in [1.29, 1.82) is 0 Å². The van der Waals surface area contributed by atoms with E-state index in [0.717, 1.165) is 13.0 Å². The smallest absolute Gasteiger partial charge is 0.238 e. The summed E-state index contributed by atoms with van der Waals surface area (Å²) in [6.07, 6.45) is 0.938. The number of nitrogen functional groups attached to an aromatic ring is 1. The lowest BCUT2D eigenvalue weighted by Gasteiger charge is -2.22. The number of rotatable bonds is 4. The minimum absolute atomic E-state index is 0.0235. The predicted molar refractivity (Wildman–Crippen MR) is 71.3 cm³/mol. The van der Waals surface area contributed by atoms with Crippen molar-refractivity contribution in [1.82, 2.24) is 4.90 Å². The molecule has 0 bridgehead atoms. The van der Waals surface area contributed by atoms with Crippen molar-refractivity contribution < 1.29 is 13.9 Å². The Morgan fingerprint density at radius 2 is 2.42 bits per heavy atom. The third-order valence-electron chi connectivity index (χ3n) is 3.20. The molecular weight excluding hydrogens is 249 g/mol. The van der Waals surface area contributed by atoms with Crippen molar-refractivity contribution in [3.63, 3.8) is 0 Å². The molecule has 1 saturated heterocycles. The van der Waals surface area contributed by atoms with Crippen LogP contribution in [0.3, 0.4) is 0 Å². The molecule has 0 aliphatic carbocycles. The zero-order valence-corrected chi connectivity index (χ0v) is 10.9. The SMILES string of the molecule is CN(CC(=O)Nc1ccc(F)c(N)c1)C1CCOC1. The van der Waals surface area contributed by atoms with Gasteiger partial charge in [-0.05, 0) is 31.7 Å². The Kier molecular flexibility index (Phi) is 4.34. The van der Waals surface area contributed by atoms with Gasteiger partial charge in [0, 0.05) is 18.3 Å². The first kappa shape index (κ1) is 13.8. The molecule has 1 unspecified atom stereocenters. The fraction of sp³-hybridized carbons (Fsp3) is 0.462. The first-order valence-corrected chi connectivity index (χ1v) is 6.19. The van der Waals surface area contributed by atoms with Crippen molar-refractivity contribution in [2.24, 2.45) is 0 Å². The largest absolute Gasteiger partial charge is 0.396 e. The summed E-state index contributed by atoms with van der Waals surface area (Å²) in [5.41, 5.74) is 5.97. The van der Waals surface area contributed by atoms with Crippen LogP contribution in [0.4, 0.5) is 15.8 Å². The fourth-order valence-electron chi connectivity index (χ4n) is 2.05. The van der Waals surface area contributed by atoms with Gasteiger partial charge < -0.3 is 15.8 Å². The number of halogens is 1. The van der Waals surface area contributed by atoms with Crippen LogP contribution in [0, 0.1) is 5.82 Å². The molecule has 1 atom stereocenters. The number of carbonyl (C=O) groups is 1. The Hall–Kier alpha value is -1.66. The normalized spacial score (nSPS) is 18.8. The summed E-state index contributed by atoms with van der Waals surface area (Å²) < 4.78 is 18.3. The summed E-state index contributed by atoms with van der Waals surface area (Å²) >= 11 is 0. The second-order valence-electron chi connectivity index (χ2n) is 4.72. The topological polar surface area (TPSA) is 67.6 Å². The fourth-order valence-corrected chi connectivity index (χ4v) is 2.05. The molecule has 5 nitrogen and oxygen atoms in total. The maximum atomic E-state index is 13.0. The molecule has 1 aliphatic rings. The average Bonchev–Trinajstić information content (AvgIpc) is 2.87. The molecular formula is C13H18FN3O2. The molecule has 6 heteroatoms. The Balaban J connectivity index is 1.88. The molecule has 0 aromatic heterocycles. The average molecular weight is 267 g/mol. The molecule has 19 heavy (non-hydrogen) atoms. The van der Waals surface area contributed by atoms with Gasteiger partial charge in [0.05, 0.1) is 18.8 Å². The van der Waals surface area contributed by atoms with Crippen LogP contribution in [0.2, 0.25) is 0 Å². The molecule has 1 aliphatic heterocycles. The van der Waals surface area contributed by atoms with Crippen molar-refractivity contribution in [2.45, 2.75) is 12.5 Å². The molecule has 1 heterocycles. The molecule has 0 saturated carbocycles. The predicted octanol–water partition coefficient (Wildman–Crippen LogP) is 1.07. The van der Waals surface area contributed by atoms with Crippen LogP contribution < -0.4 is 11.1 Å². The highest BCUT2D eigenvalue weighted by Gasteiger charge is 2.21. The van der Waals surface area contributed by atoms with Crippen molar-refractivity contribution in [3.8, 4) is 0 Å².